The first kappa shape index (κ1) is 14.7. The lowest BCUT2D eigenvalue weighted by molar-refractivity contribution is -0.121. The molecule has 1 atom stereocenters. The van der Waals surface area contributed by atoms with Gasteiger partial charge in [0.05, 0.1) is 20.1 Å². The number of amides is 1. The van der Waals surface area contributed by atoms with Crippen molar-refractivity contribution in [2.45, 2.75) is 18.4 Å². The van der Waals surface area contributed by atoms with Crippen LogP contribution in [0, 0.1) is 5.82 Å². The maximum atomic E-state index is 13.5. The van der Waals surface area contributed by atoms with E-state index in [1.165, 1.54) is 19.2 Å². The molecule has 0 radical (unpaired) electrons. The summed E-state index contributed by atoms with van der Waals surface area (Å²) in [4.78, 5) is 11.8. The summed E-state index contributed by atoms with van der Waals surface area (Å²) in [5, 5.41) is 12.6. The summed E-state index contributed by atoms with van der Waals surface area (Å²) in [7, 11) is 1.38. The summed E-state index contributed by atoms with van der Waals surface area (Å²) in [6.45, 7) is 0.866. The van der Waals surface area contributed by atoms with Crippen molar-refractivity contribution in [2.75, 3.05) is 26.9 Å². The SMILES string of the molecule is COc1ccc(CC(=O)NCC2(O)CCOC2)cc1F. The third kappa shape index (κ3) is 3.68. The number of aliphatic hydroxyl groups is 1. The van der Waals surface area contributed by atoms with Gasteiger partial charge in [0, 0.05) is 19.6 Å². The van der Waals surface area contributed by atoms with Crippen molar-refractivity contribution < 1.29 is 23.8 Å². The van der Waals surface area contributed by atoms with Crippen LogP contribution in [-0.2, 0) is 16.0 Å². The maximum absolute atomic E-state index is 13.5. The lowest BCUT2D eigenvalue weighted by Crippen LogP contribution is -2.43. The quantitative estimate of drug-likeness (QED) is 0.832. The van der Waals surface area contributed by atoms with Gasteiger partial charge in [0.1, 0.15) is 5.60 Å². The number of methoxy groups -OCH3 is 1. The van der Waals surface area contributed by atoms with Gasteiger partial charge < -0.3 is 19.9 Å². The van der Waals surface area contributed by atoms with Gasteiger partial charge in [-0.05, 0) is 17.7 Å². The Morgan fingerprint density at radius 1 is 1.60 bits per heavy atom. The number of carbonyl (C=O) groups is 1. The first-order chi connectivity index (χ1) is 9.52. The van der Waals surface area contributed by atoms with E-state index in [0.29, 0.717) is 18.6 Å². The van der Waals surface area contributed by atoms with Crippen LogP contribution in [0.15, 0.2) is 18.2 Å². The van der Waals surface area contributed by atoms with E-state index in [0.717, 1.165) is 0 Å². The fraction of sp³-hybridized carbons (Fsp3) is 0.500. The van der Waals surface area contributed by atoms with Gasteiger partial charge in [-0.15, -0.1) is 0 Å². The average molecular weight is 283 g/mol. The van der Waals surface area contributed by atoms with E-state index in [-0.39, 0.29) is 31.2 Å². The molecule has 1 amide bonds. The molecule has 1 unspecified atom stereocenters. The van der Waals surface area contributed by atoms with Crippen molar-refractivity contribution in [3.8, 4) is 5.75 Å². The third-order valence-electron chi connectivity index (χ3n) is 3.28. The van der Waals surface area contributed by atoms with Crippen molar-refractivity contribution in [1.29, 1.82) is 0 Å². The fourth-order valence-electron chi connectivity index (χ4n) is 2.07. The summed E-state index contributed by atoms with van der Waals surface area (Å²) in [5.41, 5.74) is -0.434. The van der Waals surface area contributed by atoms with E-state index >= 15 is 0 Å². The second-order valence-corrected chi connectivity index (χ2v) is 4.95. The smallest absolute Gasteiger partial charge is 0.224 e. The van der Waals surface area contributed by atoms with Crippen LogP contribution in [0.4, 0.5) is 4.39 Å². The highest BCUT2D eigenvalue weighted by Gasteiger charge is 2.32. The van der Waals surface area contributed by atoms with Crippen molar-refractivity contribution in [3.05, 3.63) is 29.6 Å². The number of carbonyl (C=O) groups excluding carboxylic acids is 1. The predicted octanol–water partition coefficient (Wildman–Crippen LogP) is 0.644. The molecule has 5 nitrogen and oxygen atoms in total. The van der Waals surface area contributed by atoms with Gasteiger partial charge in [-0.3, -0.25) is 4.79 Å². The Bertz CT molecular complexity index is 486. The zero-order valence-corrected chi connectivity index (χ0v) is 11.3. The molecule has 1 aliphatic heterocycles. The van der Waals surface area contributed by atoms with Gasteiger partial charge in [0.2, 0.25) is 5.91 Å². The van der Waals surface area contributed by atoms with Crippen LogP contribution in [0.5, 0.6) is 5.75 Å². The predicted molar refractivity (Wildman–Crippen MR) is 70.1 cm³/mol. The summed E-state index contributed by atoms with van der Waals surface area (Å²) in [6.07, 6.45) is 0.558. The number of hydrogen-bond acceptors (Lipinski definition) is 4. The molecule has 0 aromatic heterocycles. The summed E-state index contributed by atoms with van der Waals surface area (Å²) in [5.74, 6) is -0.623. The van der Waals surface area contributed by atoms with Crippen LogP contribution in [0.25, 0.3) is 0 Å². The minimum absolute atomic E-state index is 0.0534. The molecule has 1 heterocycles. The molecule has 1 aliphatic rings. The van der Waals surface area contributed by atoms with E-state index in [1.807, 2.05) is 0 Å². The zero-order chi connectivity index (χ0) is 14.6. The van der Waals surface area contributed by atoms with Crippen molar-refractivity contribution >= 4 is 5.91 Å². The Hall–Kier alpha value is -1.66. The Balaban J connectivity index is 1.86. The zero-order valence-electron chi connectivity index (χ0n) is 11.3. The van der Waals surface area contributed by atoms with Crippen LogP contribution < -0.4 is 10.1 Å². The molecule has 1 aromatic rings. The first-order valence-electron chi connectivity index (χ1n) is 6.42. The lowest BCUT2D eigenvalue weighted by atomic mass is 10.0. The fourth-order valence-corrected chi connectivity index (χ4v) is 2.07. The number of halogens is 1. The van der Waals surface area contributed by atoms with Crippen LogP contribution in [0.1, 0.15) is 12.0 Å². The molecule has 0 saturated carbocycles. The Morgan fingerprint density at radius 2 is 2.40 bits per heavy atom. The van der Waals surface area contributed by atoms with Gasteiger partial charge in [-0.25, -0.2) is 4.39 Å². The highest BCUT2D eigenvalue weighted by molar-refractivity contribution is 5.78. The minimum Gasteiger partial charge on any atom is -0.494 e. The van der Waals surface area contributed by atoms with Gasteiger partial charge in [0.15, 0.2) is 11.6 Å². The Morgan fingerprint density at radius 3 is 3.00 bits per heavy atom. The molecule has 2 N–H and O–H groups in total. The molecule has 110 valence electrons. The minimum atomic E-state index is -0.985. The van der Waals surface area contributed by atoms with Crippen molar-refractivity contribution in [1.82, 2.24) is 5.32 Å². The molecule has 1 fully saturated rings. The monoisotopic (exact) mass is 283 g/mol. The van der Waals surface area contributed by atoms with Crippen molar-refractivity contribution in [2.24, 2.45) is 0 Å². The number of ether oxygens (including phenoxy) is 2. The van der Waals surface area contributed by atoms with E-state index in [1.54, 1.807) is 6.07 Å². The highest BCUT2D eigenvalue weighted by Crippen LogP contribution is 2.19. The van der Waals surface area contributed by atoms with E-state index in [2.05, 4.69) is 5.32 Å². The first-order valence-corrected chi connectivity index (χ1v) is 6.42. The summed E-state index contributed by atoms with van der Waals surface area (Å²) < 4.78 is 23.4. The molecule has 1 saturated heterocycles. The van der Waals surface area contributed by atoms with Crippen LogP contribution >= 0.6 is 0 Å². The van der Waals surface area contributed by atoms with Crippen molar-refractivity contribution in [3.63, 3.8) is 0 Å². The summed E-state index contributed by atoms with van der Waals surface area (Å²) >= 11 is 0. The topological polar surface area (TPSA) is 67.8 Å². The largest absolute Gasteiger partial charge is 0.494 e. The molecule has 20 heavy (non-hydrogen) atoms. The van der Waals surface area contributed by atoms with Crippen LogP contribution in [0.3, 0.4) is 0 Å². The normalized spacial score (nSPS) is 21.8. The molecule has 6 heteroatoms. The standard InChI is InChI=1S/C14H18FNO4/c1-19-12-3-2-10(6-11(12)15)7-13(17)16-8-14(18)4-5-20-9-14/h2-3,6,18H,4-5,7-9H2,1H3,(H,16,17). The van der Waals surface area contributed by atoms with Crippen LogP contribution in [-0.4, -0.2) is 43.5 Å². The molecular weight excluding hydrogens is 265 g/mol. The van der Waals surface area contributed by atoms with E-state index in [4.69, 9.17) is 9.47 Å². The molecular formula is C14H18FNO4. The van der Waals surface area contributed by atoms with E-state index < -0.39 is 11.4 Å². The number of hydrogen-bond donors (Lipinski definition) is 2. The Labute approximate surface area is 116 Å². The third-order valence-corrected chi connectivity index (χ3v) is 3.28. The molecule has 0 bridgehead atoms. The maximum Gasteiger partial charge on any atom is 0.224 e. The number of rotatable bonds is 5. The van der Waals surface area contributed by atoms with Gasteiger partial charge in [-0.2, -0.15) is 0 Å². The van der Waals surface area contributed by atoms with Crippen LogP contribution in [0.2, 0.25) is 0 Å². The van der Waals surface area contributed by atoms with E-state index in [9.17, 15) is 14.3 Å². The molecule has 1 aromatic carbocycles. The van der Waals surface area contributed by atoms with Gasteiger partial charge >= 0.3 is 0 Å². The number of nitrogens with one attached hydrogen (secondary N) is 1. The Kier molecular flexibility index (Phi) is 4.57. The van der Waals surface area contributed by atoms with Gasteiger partial charge in [0.25, 0.3) is 0 Å². The molecule has 0 spiro atoms. The number of benzene rings is 1. The highest BCUT2D eigenvalue weighted by atomic mass is 19.1. The second kappa shape index (κ2) is 6.19. The average Bonchev–Trinajstić information content (AvgIpc) is 2.84. The summed E-state index contributed by atoms with van der Waals surface area (Å²) in [6, 6.07) is 4.39. The molecule has 2 rings (SSSR count). The molecule has 0 aliphatic carbocycles. The second-order valence-electron chi connectivity index (χ2n) is 4.95. The lowest BCUT2D eigenvalue weighted by Gasteiger charge is -2.20. The van der Waals surface area contributed by atoms with Gasteiger partial charge in [-0.1, -0.05) is 6.07 Å².